The molecule has 2 rings (SSSR count). The van der Waals surface area contributed by atoms with E-state index < -0.39 is 0 Å². The molecule has 0 amide bonds. The number of hydrogen-bond acceptors (Lipinski definition) is 5. The Labute approximate surface area is 105 Å². The van der Waals surface area contributed by atoms with Gasteiger partial charge >= 0.3 is 0 Å². The summed E-state index contributed by atoms with van der Waals surface area (Å²) in [6, 6.07) is 0. The molecule has 2 aromatic heterocycles. The van der Waals surface area contributed by atoms with Gasteiger partial charge in [-0.1, -0.05) is 6.92 Å². The molecule has 0 aliphatic rings. The van der Waals surface area contributed by atoms with E-state index in [0.717, 1.165) is 48.3 Å². The predicted octanol–water partition coefficient (Wildman–Crippen LogP) is 2.65. The Morgan fingerprint density at radius 3 is 3.00 bits per heavy atom. The topological polar surface area (TPSA) is 51.0 Å². The molecule has 0 saturated heterocycles. The van der Waals surface area contributed by atoms with E-state index in [4.69, 9.17) is 4.42 Å². The molecule has 0 saturated carbocycles. The van der Waals surface area contributed by atoms with E-state index in [1.165, 1.54) is 0 Å². The fraction of sp³-hybridized carbons (Fsp3) is 0.500. The van der Waals surface area contributed by atoms with E-state index in [-0.39, 0.29) is 0 Å². The largest absolute Gasteiger partial charge is 0.439 e. The Bertz CT molecular complexity index is 464. The lowest BCUT2D eigenvalue weighted by molar-refractivity contribution is 0.494. The molecule has 2 aromatic rings. The van der Waals surface area contributed by atoms with Crippen molar-refractivity contribution in [1.29, 1.82) is 0 Å². The highest BCUT2D eigenvalue weighted by Crippen LogP contribution is 2.22. The first kappa shape index (κ1) is 12.3. The van der Waals surface area contributed by atoms with Crippen LogP contribution in [0.15, 0.2) is 16.0 Å². The zero-order valence-electron chi connectivity index (χ0n) is 10.2. The summed E-state index contributed by atoms with van der Waals surface area (Å²) in [4.78, 5) is 8.63. The lowest BCUT2D eigenvalue weighted by atomic mass is 10.4. The van der Waals surface area contributed by atoms with Gasteiger partial charge < -0.3 is 9.73 Å². The Kier molecular flexibility index (Phi) is 4.28. The minimum atomic E-state index is 0.764. The van der Waals surface area contributed by atoms with Crippen molar-refractivity contribution in [2.75, 3.05) is 13.1 Å². The third-order valence-electron chi connectivity index (χ3n) is 2.37. The van der Waals surface area contributed by atoms with E-state index in [0.29, 0.717) is 0 Å². The molecule has 0 aliphatic carbocycles. The second-order valence-electron chi connectivity index (χ2n) is 3.87. The second-order valence-corrected chi connectivity index (χ2v) is 4.93. The Morgan fingerprint density at radius 1 is 1.41 bits per heavy atom. The fourth-order valence-corrected chi connectivity index (χ4v) is 2.12. The summed E-state index contributed by atoms with van der Waals surface area (Å²) in [5.74, 6) is 1.54. The molecular weight excluding hydrogens is 234 g/mol. The maximum Gasteiger partial charge on any atom is 0.196 e. The van der Waals surface area contributed by atoms with Gasteiger partial charge in [-0.05, 0) is 19.9 Å². The minimum absolute atomic E-state index is 0.764. The van der Waals surface area contributed by atoms with Crippen LogP contribution in [0.25, 0.3) is 11.5 Å². The number of nitrogens with zero attached hydrogens (tertiary/aromatic N) is 2. The summed E-state index contributed by atoms with van der Waals surface area (Å²) in [5.41, 5.74) is 0.882. The average Bonchev–Trinajstić information content (AvgIpc) is 2.93. The monoisotopic (exact) mass is 251 g/mol. The normalized spacial score (nSPS) is 10.9. The first-order chi connectivity index (χ1) is 8.29. The van der Waals surface area contributed by atoms with Crippen molar-refractivity contribution in [2.24, 2.45) is 0 Å². The number of rotatable bonds is 6. The van der Waals surface area contributed by atoms with E-state index in [1.54, 1.807) is 17.5 Å². The zero-order chi connectivity index (χ0) is 12.1. The number of hydrogen-bond donors (Lipinski definition) is 1. The highest BCUT2D eigenvalue weighted by molar-refractivity contribution is 7.09. The van der Waals surface area contributed by atoms with Crippen LogP contribution in [0.4, 0.5) is 0 Å². The van der Waals surface area contributed by atoms with Crippen molar-refractivity contribution in [3.05, 3.63) is 22.5 Å². The van der Waals surface area contributed by atoms with E-state index in [1.807, 2.05) is 12.3 Å². The fourth-order valence-electron chi connectivity index (χ4n) is 1.52. The zero-order valence-corrected chi connectivity index (χ0v) is 11.0. The van der Waals surface area contributed by atoms with E-state index in [9.17, 15) is 0 Å². The molecule has 0 fully saturated rings. The molecule has 0 atom stereocenters. The smallest absolute Gasteiger partial charge is 0.196 e. The molecule has 0 aromatic carbocycles. The summed E-state index contributed by atoms with van der Waals surface area (Å²) < 4.78 is 5.66. The van der Waals surface area contributed by atoms with Crippen LogP contribution >= 0.6 is 11.3 Å². The first-order valence-corrected chi connectivity index (χ1v) is 6.75. The lowest BCUT2D eigenvalue weighted by Crippen LogP contribution is -2.17. The van der Waals surface area contributed by atoms with Crippen LogP contribution in [0, 0.1) is 6.92 Å². The second kappa shape index (κ2) is 5.93. The van der Waals surface area contributed by atoms with E-state index in [2.05, 4.69) is 22.2 Å². The highest BCUT2D eigenvalue weighted by atomic mass is 32.1. The van der Waals surface area contributed by atoms with Gasteiger partial charge in [0.25, 0.3) is 0 Å². The van der Waals surface area contributed by atoms with Crippen LogP contribution in [0.5, 0.6) is 0 Å². The van der Waals surface area contributed by atoms with Gasteiger partial charge in [0.2, 0.25) is 0 Å². The van der Waals surface area contributed by atoms with Gasteiger partial charge in [-0.15, -0.1) is 11.3 Å². The molecule has 92 valence electrons. The van der Waals surface area contributed by atoms with Crippen molar-refractivity contribution in [2.45, 2.75) is 26.7 Å². The van der Waals surface area contributed by atoms with Crippen molar-refractivity contribution < 1.29 is 4.42 Å². The van der Waals surface area contributed by atoms with Gasteiger partial charge in [0.15, 0.2) is 11.7 Å². The van der Waals surface area contributed by atoms with Gasteiger partial charge in [-0.3, -0.25) is 0 Å². The first-order valence-electron chi connectivity index (χ1n) is 5.87. The number of aromatic nitrogens is 2. The standard InChI is InChI=1S/C12H17N3OS/c1-3-5-13-6-4-12-14-7-11(16-12)10-8-17-9(2)15-10/h7-8,13H,3-6H2,1-2H3. The van der Waals surface area contributed by atoms with Crippen LogP contribution < -0.4 is 5.32 Å². The van der Waals surface area contributed by atoms with Gasteiger partial charge in [-0.25, -0.2) is 9.97 Å². The molecule has 0 spiro atoms. The number of thiazole rings is 1. The van der Waals surface area contributed by atoms with Crippen molar-refractivity contribution in [1.82, 2.24) is 15.3 Å². The van der Waals surface area contributed by atoms with Crippen molar-refractivity contribution >= 4 is 11.3 Å². The summed E-state index contributed by atoms with van der Waals surface area (Å²) in [6.07, 6.45) is 3.72. The molecular formula is C12H17N3OS. The number of oxazole rings is 1. The van der Waals surface area contributed by atoms with Crippen molar-refractivity contribution in [3.63, 3.8) is 0 Å². The molecule has 0 unspecified atom stereocenters. The third kappa shape index (κ3) is 3.38. The summed E-state index contributed by atoms with van der Waals surface area (Å²) in [6.45, 7) is 6.09. The third-order valence-corrected chi connectivity index (χ3v) is 3.14. The molecule has 17 heavy (non-hydrogen) atoms. The average molecular weight is 251 g/mol. The highest BCUT2D eigenvalue weighted by Gasteiger charge is 2.08. The molecule has 0 aliphatic heterocycles. The van der Waals surface area contributed by atoms with Crippen LogP contribution in [-0.2, 0) is 6.42 Å². The van der Waals surface area contributed by atoms with Gasteiger partial charge in [0.05, 0.1) is 11.2 Å². The molecule has 5 heteroatoms. The summed E-state index contributed by atoms with van der Waals surface area (Å²) in [7, 11) is 0. The van der Waals surface area contributed by atoms with Gasteiger partial charge in [-0.2, -0.15) is 0 Å². The van der Waals surface area contributed by atoms with Crippen LogP contribution in [0.1, 0.15) is 24.2 Å². The molecule has 1 N–H and O–H groups in total. The van der Waals surface area contributed by atoms with Crippen LogP contribution in [-0.4, -0.2) is 23.1 Å². The molecule has 0 bridgehead atoms. The number of aryl methyl sites for hydroxylation is 1. The molecule has 4 nitrogen and oxygen atoms in total. The SMILES string of the molecule is CCCNCCc1ncc(-c2csc(C)n2)o1. The van der Waals surface area contributed by atoms with Crippen LogP contribution in [0.2, 0.25) is 0 Å². The number of nitrogens with one attached hydrogen (secondary N) is 1. The Morgan fingerprint density at radius 2 is 2.29 bits per heavy atom. The molecule has 0 radical (unpaired) electrons. The summed E-state index contributed by atoms with van der Waals surface area (Å²) in [5, 5.41) is 6.36. The Balaban J connectivity index is 1.92. The molecule has 2 heterocycles. The maximum atomic E-state index is 5.66. The minimum Gasteiger partial charge on any atom is -0.439 e. The van der Waals surface area contributed by atoms with E-state index >= 15 is 0 Å². The van der Waals surface area contributed by atoms with Gasteiger partial charge in [0.1, 0.15) is 5.69 Å². The maximum absolute atomic E-state index is 5.66. The Hall–Kier alpha value is -1.20. The summed E-state index contributed by atoms with van der Waals surface area (Å²) >= 11 is 1.62. The van der Waals surface area contributed by atoms with Gasteiger partial charge in [0, 0.05) is 18.3 Å². The van der Waals surface area contributed by atoms with Crippen molar-refractivity contribution in [3.8, 4) is 11.5 Å². The van der Waals surface area contributed by atoms with Crippen LogP contribution in [0.3, 0.4) is 0 Å². The quantitative estimate of drug-likeness (QED) is 0.802. The predicted molar refractivity (Wildman–Crippen MR) is 69.2 cm³/mol. The lowest BCUT2D eigenvalue weighted by Gasteiger charge is -1.98.